The first kappa shape index (κ1) is 16.4. The van der Waals surface area contributed by atoms with Crippen molar-refractivity contribution in [2.24, 2.45) is 0 Å². The minimum absolute atomic E-state index is 0.424. The fourth-order valence-corrected chi connectivity index (χ4v) is 3.21. The molecule has 1 aliphatic carbocycles. The molecule has 0 spiro atoms. The van der Waals surface area contributed by atoms with Crippen molar-refractivity contribution in [1.82, 2.24) is 0 Å². The van der Waals surface area contributed by atoms with Gasteiger partial charge in [-0.3, -0.25) is 0 Å². The van der Waals surface area contributed by atoms with Crippen LogP contribution in [0.5, 0.6) is 0 Å². The Kier molecular flexibility index (Phi) is 4.46. The van der Waals surface area contributed by atoms with E-state index in [1.165, 1.54) is 22.3 Å². The normalized spacial score (nSPS) is 14.7. The molecule has 24 heavy (non-hydrogen) atoms. The van der Waals surface area contributed by atoms with E-state index in [2.05, 4.69) is 42.2 Å². The van der Waals surface area contributed by atoms with Crippen molar-refractivity contribution in [2.45, 2.75) is 13.3 Å². The highest BCUT2D eigenvalue weighted by Crippen LogP contribution is 2.44. The molecule has 0 atom stereocenters. The van der Waals surface area contributed by atoms with Crippen molar-refractivity contribution in [3.05, 3.63) is 69.8 Å². The van der Waals surface area contributed by atoms with Crippen LogP contribution in [0.15, 0.2) is 48.0 Å². The Morgan fingerprint density at radius 2 is 1.79 bits per heavy atom. The second-order valence-electron chi connectivity index (χ2n) is 6.17. The molecule has 2 aromatic rings. The molecule has 0 aliphatic heterocycles. The van der Waals surface area contributed by atoms with Gasteiger partial charge in [-0.25, -0.2) is 0 Å². The zero-order valence-electron chi connectivity index (χ0n) is 14.1. The summed E-state index contributed by atoms with van der Waals surface area (Å²) in [5.74, 6) is 0. The van der Waals surface area contributed by atoms with Gasteiger partial charge >= 0.3 is 0 Å². The Morgan fingerprint density at radius 1 is 1.08 bits per heavy atom. The molecule has 1 aliphatic rings. The number of nitrogens with zero attached hydrogens (tertiary/aromatic N) is 2. The molecule has 2 nitrogen and oxygen atoms in total. The number of hydrogen-bond donors (Lipinski definition) is 0. The molecule has 0 saturated carbocycles. The standard InChI is InChI=1S/C21H19ClN2/c1-14-18(10-11-23)21-13-17(24(2)3)8-9-19(21)20(14)12-15-4-6-16(22)7-5-15/h4-9,12-13H,10H2,1-3H3. The average Bonchev–Trinajstić information content (AvgIpc) is 2.82. The van der Waals surface area contributed by atoms with Gasteiger partial charge in [0.25, 0.3) is 0 Å². The quantitative estimate of drug-likeness (QED) is 0.725. The lowest BCUT2D eigenvalue weighted by atomic mass is 10.00. The van der Waals surface area contributed by atoms with Crippen LogP contribution in [0.2, 0.25) is 5.02 Å². The molecule has 0 amide bonds. The molecule has 2 aromatic carbocycles. The lowest BCUT2D eigenvalue weighted by Crippen LogP contribution is -2.08. The summed E-state index contributed by atoms with van der Waals surface area (Å²) in [5.41, 5.74) is 8.09. The predicted molar refractivity (Wildman–Crippen MR) is 103 cm³/mol. The number of nitriles is 1. The Bertz CT molecular complexity index is 881. The molecule has 0 saturated heterocycles. The van der Waals surface area contributed by atoms with Crippen LogP contribution >= 0.6 is 11.6 Å². The molecule has 0 heterocycles. The second-order valence-corrected chi connectivity index (χ2v) is 6.61. The summed E-state index contributed by atoms with van der Waals surface area (Å²) < 4.78 is 0. The zero-order chi connectivity index (χ0) is 17.3. The fraction of sp³-hybridized carbons (Fsp3) is 0.190. The van der Waals surface area contributed by atoms with Crippen molar-refractivity contribution in [3.8, 4) is 6.07 Å². The van der Waals surface area contributed by atoms with E-state index in [1.54, 1.807) is 0 Å². The highest BCUT2D eigenvalue weighted by atomic mass is 35.5. The van der Waals surface area contributed by atoms with Gasteiger partial charge in [-0.2, -0.15) is 5.26 Å². The van der Waals surface area contributed by atoms with Crippen molar-refractivity contribution in [3.63, 3.8) is 0 Å². The van der Waals surface area contributed by atoms with E-state index in [0.717, 1.165) is 21.8 Å². The Morgan fingerprint density at radius 3 is 2.42 bits per heavy atom. The predicted octanol–water partition coefficient (Wildman–Crippen LogP) is 5.65. The first-order valence-electron chi connectivity index (χ1n) is 7.87. The van der Waals surface area contributed by atoms with Crippen LogP contribution in [0.3, 0.4) is 0 Å². The minimum atomic E-state index is 0.424. The monoisotopic (exact) mass is 334 g/mol. The molecule has 3 rings (SSSR count). The maximum atomic E-state index is 9.23. The molecule has 0 unspecified atom stereocenters. The molecule has 120 valence electrons. The van der Waals surface area contributed by atoms with E-state index in [4.69, 9.17) is 11.6 Å². The lowest BCUT2D eigenvalue weighted by Gasteiger charge is -2.14. The molecule has 3 heteroatoms. The van der Waals surface area contributed by atoms with E-state index >= 15 is 0 Å². The van der Waals surface area contributed by atoms with Crippen LogP contribution in [0.1, 0.15) is 30.0 Å². The first-order valence-corrected chi connectivity index (χ1v) is 8.25. The minimum Gasteiger partial charge on any atom is -0.378 e. The van der Waals surface area contributed by atoms with Gasteiger partial charge in [0.1, 0.15) is 0 Å². The first-order chi connectivity index (χ1) is 11.5. The molecule has 0 aromatic heterocycles. The second kappa shape index (κ2) is 6.55. The number of allylic oxidation sites excluding steroid dienone is 3. The van der Waals surface area contributed by atoms with Crippen LogP contribution in [0.25, 0.3) is 17.2 Å². The van der Waals surface area contributed by atoms with Crippen molar-refractivity contribution in [1.29, 1.82) is 5.26 Å². The van der Waals surface area contributed by atoms with E-state index in [0.29, 0.717) is 6.42 Å². The van der Waals surface area contributed by atoms with Gasteiger partial charge in [0.05, 0.1) is 12.5 Å². The maximum Gasteiger partial charge on any atom is 0.0670 e. The van der Waals surface area contributed by atoms with Crippen LogP contribution in [-0.4, -0.2) is 14.1 Å². The third kappa shape index (κ3) is 2.96. The number of hydrogen-bond acceptors (Lipinski definition) is 2. The number of benzene rings is 2. The molecule has 0 fully saturated rings. The third-order valence-corrected chi connectivity index (χ3v) is 4.68. The summed E-state index contributed by atoms with van der Waals surface area (Å²) in [6, 6.07) is 16.6. The Labute approximate surface area is 148 Å². The van der Waals surface area contributed by atoms with E-state index < -0.39 is 0 Å². The van der Waals surface area contributed by atoms with E-state index in [9.17, 15) is 5.26 Å². The van der Waals surface area contributed by atoms with Crippen molar-refractivity contribution >= 4 is 34.5 Å². The van der Waals surface area contributed by atoms with Crippen LogP contribution in [-0.2, 0) is 0 Å². The number of fused-ring (bicyclic) bond motifs is 1. The van der Waals surface area contributed by atoms with Gasteiger partial charge < -0.3 is 4.90 Å². The highest BCUT2D eigenvalue weighted by molar-refractivity contribution is 6.30. The SMILES string of the molecule is CC1=C(CC#N)c2cc(N(C)C)ccc2C1=Cc1ccc(Cl)cc1. The summed E-state index contributed by atoms with van der Waals surface area (Å²) in [6.45, 7) is 2.10. The van der Waals surface area contributed by atoms with Crippen molar-refractivity contribution < 1.29 is 0 Å². The maximum absolute atomic E-state index is 9.23. The van der Waals surface area contributed by atoms with Gasteiger partial charge in [-0.1, -0.05) is 29.8 Å². The van der Waals surface area contributed by atoms with E-state index in [1.807, 2.05) is 38.4 Å². The Balaban J connectivity index is 2.15. The number of anilines is 1. The van der Waals surface area contributed by atoms with Gasteiger partial charge in [-0.15, -0.1) is 0 Å². The van der Waals surface area contributed by atoms with Gasteiger partial charge in [0.15, 0.2) is 0 Å². The largest absolute Gasteiger partial charge is 0.378 e. The van der Waals surface area contributed by atoms with Gasteiger partial charge in [0, 0.05) is 24.8 Å². The van der Waals surface area contributed by atoms with Crippen LogP contribution in [0, 0.1) is 11.3 Å². The summed E-state index contributed by atoms with van der Waals surface area (Å²) in [6.07, 6.45) is 2.60. The Hall–Kier alpha value is -2.50. The number of rotatable bonds is 3. The molecule has 0 radical (unpaired) electrons. The fourth-order valence-electron chi connectivity index (χ4n) is 3.08. The molecule has 0 bridgehead atoms. The molecular formula is C21H19ClN2. The van der Waals surface area contributed by atoms with Gasteiger partial charge in [-0.05, 0) is 70.7 Å². The summed E-state index contributed by atoms with van der Waals surface area (Å²) in [5, 5.41) is 9.96. The molecular weight excluding hydrogens is 316 g/mol. The summed E-state index contributed by atoms with van der Waals surface area (Å²) in [7, 11) is 4.06. The average molecular weight is 335 g/mol. The topological polar surface area (TPSA) is 27.0 Å². The highest BCUT2D eigenvalue weighted by Gasteiger charge is 2.24. The lowest BCUT2D eigenvalue weighted by molar-refractivity contribution is 1.13. The van der Waals surface area contributed by atoms with Crippen LogP contribution in [0.4, 0.5) is 5.69 Å². The van der Waals surface area contributed by atoms with Crippen LogP contribution < -0.4 is 4.90 Å². The third-order valence-electron chi connectivity index (χ3n) is 4.43. The summed E-state index contributed by atoms with van der Waals surface area (Å²) in [4.78, 5) is 2.08. The van der Waals surface area contributed by atoms with Gasteiger partial charge in [0.2, 0.25) is 0 Å². The smallest absolute Gasteiger partial charge is 0.0670 e. The molecule has 0 N–H and O–H groups in total. The van der Waals surface area contributed by atoms with E-state index in [-0.39, 0.29) is 0 Å². The number of halogens is 1. The zero-order valence-corrected chi connectivity index (χ0v) is 14.9. The summed E-state index contributed by atoms with van der Waals surface area (Å²) >= 11 is 5.98. The van der Waals surface area contributed by atoms with Crippen molar-refractivity contribution in [2.75, 3.05) is 19.0 Å².